The number of para-hydroxylation sites is 1. The van der Waals surface area contributed by atoms with E-state index < -0.39 is 0 Å². The minimum atomic E-state index is 0.564. The maximum absolute atomic E-state index is 5.61. The molecule has 0 atom stereocenters. The minimum absolute atomic E-state index is 0.564. The van der Waals surface area contributed by atoms with Gasteiger partial charge in [0, 0.05) is 16.6 Å². The first-order valence-corrected chi connectivity index (χ1v) is 5.68. The molecule has 2 N–H and O–H groups in total. The van der Waals surface area contributed by atoms with E-state index in [1.807, 2.05) is 37.3 Å². The standard InChI is InChI=1S/C14H12N4/c1-9-6-12(14-16-7-10(15)8-17-14)11-4-2-3-5-13(11)18-9/h2-8H,15H2,1H3. The second-order valence-corrected chi connectivity index (χ2v) is 4.17. The lowest BCUT2D eigenvalue weighted by molar-refractivity contribution is 1.17. The lowest BCUT2D eigenvalue weighted by atomic mass is 10.1. The maximum Gasteiger partial charge on any atom is 0.159 e. The molecule has 4 nitrogen and oxygen atoms in total. The molecule has 0 saturated heterocycles. The van der Waals surface area contributed by atoms with Gasteiger partial charge in [0.25, 0.3) is 0 Å². The summed E-state index contributed by atoms with van der Waals surface area (Å²) in [5.41, 5.74) is 9.06. The van der Waals surface area contributed by atoms with Crippen LogP contribution in [0.1, 0.15) is 5.69 Å². The van der Waals surface area contributed by atoms with Crippen LogP contribution in [0.4, 0.5) is 5.69 Å². The average Bonchev–Trinajstić information content (AvgIpc) is 2.38. The molecule has 2 heterocycles. The Morgan fingerprint density at radius 2 is 1.78 bits per heavy atom. The molecule has 1 aromatic carbocycles. The van der Waals surface area contributed by atoms with Gasteiger partial charge in [0.05, 0.1) is 23.6 Å². The van der Waals surface area contributed by atoms with Gasteiger partial charge >= 0.3 is 0 Å². The SMILES string of the molecule is Cc1cc(-c2ncc(N)cn2)c2ccccc2n1. The van der Waals surface area contributed by atoms with E-state index in [-0.39, 0.29) is 0 Å². The van der Waals surface area contributed by atoms with Crippen LogP contribution in [0.15, 0.2) is 42.7 Å². The molecule has 0 unspecified atom stereocenters. The molecular formula is C14H12N4. The van der Waals surface area contributed by atoms with Crippen molar-refractivity contribution >= 4 is 16.6 Å². The normalized spacial score (nSPS) is 10.7. The van der Waals surface area contributed by atoms with E-state index in [1.54, 1.807) is 12.4 Å². The molecule has 2 aromatic heterocycles. The van der Waals surface area contributed by atoms with Gasteiger partial charge in [-0.2, -0.15) is 0 Å². The van der Waals surface area contributed by atoms with Crippen LogP contribution in [-0.4, -0.2) is 15.0 Å². The van der Waals surface area contributed by atoms with Gasteiger partial charge in [-0.3, -0.25) is 4.98 Å². The van der Waals surface area contributed by atoms with Crippen LogP contribution in [0.25, 0.3) is 22.3 Å². The Morgan fingerprint density at radius 3 is 2.56 bits per heavy atom. The maximum atomic E-state index is 5.61. The molecule has 0 fully saturated rings. The number of anilines is 1. The molecule has 0 aliphatic heterocycles. The lowest BCUT2D eigenvalue weighted by Crippen LogP contribution is -1.95. The first-order valence-electron chi connectivity index (χ1n) is 5.68. The highest BCUT2D eigenvalue weighted by atomic mass is 14.9. The van der Waals surface area contributed by atoms with Crippen molar-refractivity contribution in [2.24, 2.45) is 0 Å². The van der Waals surface area contributed by atoms with Crippen molar-refractivity contribution < 1.29 is 0 Å². The summed E-state index contributed by atoms with van der Waals surface area (Å²) in [5, 5.41) is 1.05. The molecule has 0 aliphatic rings. The molecule has 3 aromatic rings. The number of fused-ring (bicyclic) bond motifs is 1. The van der Waals surface area contributed by atoms with E-state index in [1.165, 1.54) is 0 Å². The second kappa shape index (κ2) is 4.07. The van der Waals surface area contributed by atoms with Crippen LogP contribution in [0.3, 0.4) is 0 Å². The summed E-state index contributed by atoms with van der Waals surface area (Å²) in [6.07, 6.45) is 3.24. The smallest absolute Gasteiger partial charge is 0.159 e. The average molecular weight is 236 g/mol. The Balaban J connectivity index is 2.31. The largest absolute Gasteiger partial charge is 0.396 e. The Kier molecular flexibility index (Phi) is 2.41. The third-order valence-electron chi connectivity index (χ3n) is 2.76. The Morgan fingerprint density at radius 1 is 1.06 bits per heavy atom. The highest BCUT2D eigenvalue weighted by Crippen LogP contribution is 2.25. The molecule has 18 heavy (non-hydrogen) atoms. The number of hydrogen-bond donors (Lipinski definition) is 1. The number of nitrogens with two attached hydrogens (primary N) is 1. The highest BCUT2D eigenvalue weighted by molar-refractivity contribution is 5.92. The monoisotopic (exact) mass is 236 g/mol. The van der Waals surface area contributed by atoms with Gasteiger partial charge in [-0.05, 0) is 19.1 Å². The van der Waals surface area contributed by atoms with Gasteiger partial charge < -0.3 is 5.73 Å². The first kappa shape index (κ1) is 10.7. The zero-order valence-corrected chi connectivity index (χ0v) is 9.96. The van der Waals surface area contributed by atoms with Crippen molar-refractivity contribution in [3.63, 3.8) is 0 Å². The number of rotatable bonds is 1. The fraction of sp³-hybridized carbons (Fsp3) is 0.0714. The van der Waals surface area contributed by atoms with E-state index in [0.717, 1.165) is 22.2 Å². The second-order valence-electron chi connectivity index (χ2n) is 4.17. The molecule has 4 heteroatoms. The van der Waals surface area contributed by atoms with Crippen molar-refractivity contribution in [1.29, 1.82) is 0 Å². The summed E-state index contributed by atoms with van der Waals surface area (Å²) < 4.78 is 0. The van der Waals surface area contributed by atoms with Gasteiger partial charge in [0.15, 0.2) is 5.82 Å². The Labute approximate surface area is 105 Å². The predicted octanol–water partition coefficient (Wildman–Crippen LogP) is 2.58. The Hall–Kier alpha value is -2.49. The van der Waals surface area contributed by atoms with Gasteiger partial charge in [-0.1, -0.05) is 18.2 Å². The highest BCUT2D eigenvalue weighted by Gasteiger charge is 2.08. The van der Waals surface area contributed by atoms with Gasteiger partial charge in [-0.15, -0.1) is 0 Å². The predicted molar refractivity (Wildman–Crippen MR) is 71.9 cm³/mol. The van der Waals surface area contributed by atoms with Crippen LogP contribution in [0, 0.1) is 6.92 Å². The molecule has 0 radical (unpaired) electrons. The molecule has 0 saturated carbocycles. The van der Waals surface area contributed by atoms with Gasteiger partial charge in [0.1, 0.15) is 0 Å². The van der Waals surface area contributed by atoms with Gasteiger partial charge in [0.2, 0.25) is 0 Å². The number of aryl methyl sites for hydroxylation is 1. The van der Waals surface area contributed by atoms with Crippen molar-refractivity contribution in [2.45, 2.75) is 6.92 Å². The van der Waals surface area contributed by atoms with E-state index in [4.69, 9.17) is 5.73 Å². The van der Waals surface area contributed by atoms with Crippen LogP contribution in [0.2, 0.25) is 0 Å². The molecule has 0 aliphatic carbocycles. The fourth-order valence-electron chi connectivity index (χ4n) is 1.97. The summed E-state index contributed by atoms with van der Waals surface area (Å²) in [6.45, 7) is 1.97. The minimum Gasteiger partial charge on any atom is -0.396 e. The van der Waals surface area contributed by atoms with Crippen molar-refractivity contribution in [3.05, 3.63) is 48.4 Å². The number of nitrogens with zero attached hydrogens (tertiary/aromatic N) is 3. The number of nitrogen functional groups attached to an aromatic ring is 1. The summed E-state index contributed by atoms with van der Waals surface area (Å²) in [5.74, 6) is 0.672. The van der Waals surface area contributed by atoms with Crippen LogP contribution < -0.4 is 5.73 Å². The zero-order valence-electron chi connectivity index (χ0n) is 9.96. The van der Waals surface area contributed by atoms with E-state index in [2.05, 4.69) is 15.0 Å². The molecular weight excluding hydrogens is 224 g/mol. The summed E-state index contributed by atoms with van der Waals surface area (Å²) in [7, 11) is 0. The van der Waals surface area contributed by atoms with Crippen LogP contribution >= 0.6 is 0 Å². The zero-order chi connectivity index (χ0) is 12.5. The van der Waals surface area contributed by atoms with E-state index in [0.29, 0.717) is 11.5 Å². The number of aromatic nitrogens is 3. The Bertz CT molecular complexity index is 705. The van der Waals surface area contributed by atoms with E-state index in [9.17, 15) is 0 Å². The lowest BCUT2D eigenvalue weighted by Gasteiger charge is -2.06. The number of hydrogen-bond acceptors (Lipinski definition) is 4. The summed E-state index contributed by atoms with van der Waals surface area (Å²) in [6, 6.07) is 9.97. The van der Waals surface area contributed by atoms with Crippen molar-refractivity contribution in [3.8, 4) is 11.4 Å². The number of benzene rings is 1. The van der Waals surface area contributed by atoms with Gasteiger partial charge in [-0.25, -0.2) is 9.97 Å². The third kappa shape index (κ3) is 1.78. The third-order valence-corrected chi connectivity index (χ3v) is 2.76. The quantitative estimate of drug-likeness (QED) is 0.705. The summed E-state index contributed by atoms with van der Waals surface area (Å²) in [4.78, 5) is 13.1. The van der Waals surface area contributed by atoms with Crippen molar-refractivity contribution in [1.82, 2.24) is 15.0 Å². The fourth-order valence-corrected chi connectivity index (χ4v) is 1.97. The molecule has 88 valence electrons. The van der Waals surface area contributed by atoms with Crippen LogP contribution in [0.5, 0.6) is 0 Å². The van der Waals surface area contributed by atoms with Crippen LogP contribution in [-0.2, 0) is 0 Å². The molecule has 0 amide bonds. The van der Waals surface area contributed by atoms with E-state index >= 15 is 0 Å². The molecule has 3 rings (SSSR count). The summed E-state index contributed by atoms with van der Waals surface area (Å²) >= 11 is 0. The first-order chi connectivity index (χ1) is 8.74. The topological polar surface area (TPSA) is 64.7 Å². The molecule has 0 spiro atoms. The molecule has 0 bridgehead atoms. The van der Waals surface area contributed by atoms with Crippen molar-refractivity contribution in [2.75, 3.05) is 5.73 Å². The number of pyridine rings is 1.